The van der Waals surface area contributed by atoms with Crippen molar-refractivity contribution in [3.63, 3.8) is 0 Å². The number of ether oxygens (including phenoxy) is 1. The third-order valence-corrected chi connectivity index (χ3v) is 2.99. The van der Waals surface area contributed by atoms with Crippen LogP contribution in [0.15, 0.2) is 34.7 Å². The average Bonchev–Trinajstić information content (AvgIpc) is 2.85. The first-order chi connectivity index (χ1) is 10.1. The van der Waals surface area contributed by atoms with E-state index in [0.29, 0.717) is 12.4 Å². The molecule has 5 heteroatoms. The fourth-order valence-electron chi connectivity index (χ4n) is 2.08. The summed E-state index contributed by atoms with van der Waals surface area (Å²) >= 11 is 0. The van der Waals surface area contributed by atoms with Gasteiger partial charge in [-0.15, -0.1) is 0 Å². The van der Waals surface area contributed by atoms with Gasteiger partial charge in [-0.25, -0.2) is 4.79 Å². The zero-order valence-corrected chi connectivity index (χ0v) is 12.2. The van der Waals surface area contributed by atoms with Gasteiger partial charge in [0.1, 0.15) is 17.4 Å². The number of amides is 1. The van der Waals surface area contributed by atoms with Crippen LogP contribution in [0.3, 0.4) is 0 Å². The minimum atomic E-state index is -0.727. The highest BCUT2D eigenvalue weighted by Crippen LogP contribution is 2.20. The quantitative estimate of drug-likeness (QED) is 0.829. The fourth-order valence-corrected chi connectivity index (χ4v) is 2.08. The minimum Gasteiger partial charge on any atom is -0.464 e. The van der Waals surface area contributed by atoms with E-state index in [9.17, 15) is 9.59 Å². The molecule has 1 aromatic heterocycles. The predicted molar refractivity (Wildman–Crippen MR) is 78.8 cm³/mol. The van der Waals surface area contributed by atoms with E-state index in [-0.39, 0.29) is 12.3 Å². The van der Waals surface area contributed by atoms with E-state index in [1.807, 2.05) is 37.3 Å². The van der Waals surface area contributed by atoms with E-state index in [0.717, 1.165) is 17.4 Å². The smallest absolute Gasteiger partial charge is 0.329 e. The standard InChI is InChI=1S/C16H19NO4/c1-3-8-20-16(19)14(17-11(2)18)10-13-9-12-6-4-5-7-15(12)21-13/h4-7,9,14H,3,8,10H2,1-2H3,(H,17,18)/t14-/m0/s1. The van der Waals surface area contributed by atoms with E-state index in [4.69, 9.17) is 9.15 Å². The van der Waals surface area contributed by atoms with E-state index >= 15 is 0 Å². The van der Waals surface area contributed by atoms with Crippen LogP contribution in [0.25, 0.3) is 11.0 Å². The summed E-state index contributed by atoms with van der Waals surface area (Å²) in [5.41, 5.74) is 0.760. The van der Waals surface area contributed by atoms with Crippen LogP contribution in [0.1, 0.15) is 26.0 Å². The molecule has 0 saturated carbocycles. The van der Waals surface area contributed by atoms with Crippen LogP contribution in [-0.2, 0) is 20.7 Å². The van der Waals surface area contributed by atoms with E-state index in [1.165, 1.54) is 6.92 Å². The molecule has 2 rings (SSSR count). The molecule has 0 radical (unpaired) electrons. The van der Waals surface area contributed by atoms with Gasteiger partial charge in [0.05, 0.1) is 6.61 Å². The van der Waals surface area contributed by atoms with Gasteiger partial charge in [0.2, 0.25) is 5.91 Å². The van der Waals surface area contributed by atoms with Crippen LogP contribution in [0.5, 0.6) is 0 Å². The molecule has 0 saturated heterocycles. The molecule has 112 valence electrons. The molecule has 0 fully saturated rings. The zero-order chi connectivity index (χ0) is 15.2. The lowest BCUT2D eigenvalue weighted by atomic mass is 10.1. The highest BCUT2D eigenvalue weighted by Gasteiger charge is 2.23. The number of furan rings is 1. The summed E-state index contributed by atoms with van der Waals surface area (Å²) in [6.45, 7) is 3.63. The highest BCUT2D eigenvalue weighted by atomic mass is 16.5. The van der Waals surface area contributed by atoms with E-state index < -0.39 is 12.0 Å². The van der Waals surface area contributed by atoms with Gasteiger partial charge in [0.15, 0.2) is 0 Å². The number of carbonyl (C=O) groups is 2. The van der Waals surface area contributed by atoms with Crippen molar-refractivity contribution in [2.45, 2.75) is 32.7 Å². The second-order valence-electron chi connectivity index (χ2n) is 4.88. The molecule has 1 heterocycles. The van der Waals surface area contributed by atoms with Crippen molar-refractivity contribution < 1.29 is 18.7 Å². The van der Waals surface area contributed by atoms with Crippen molar-refractivity contribution in [3.05, 3.63) is 36.1 Å². The van der Waals surface area contributed by atoms with E-state index in [2.05, 4.69) is 5.32 Å². The Morgan fingerprint density at radius 3 is 2.76 bits per heavy atom. The summed E-state index contributed by atoms with van der Waals surface area (Å²) in [7, 11) is 0. The first-order valence-corrected chi connectivity index (χ1v) is 7.01. The Morgan fingerprint density at radius 1 is 1.33 bits per heavy atom. The predicted octanol–water partition coefficient (Wildman–Crippen LogP) is 2.43. The Labute approximate surface area is 123 Å². The maximum atomic E-state index is 12.0. The number of para-hydroxylation sites is 1. The molecule has 0 bridgehead atoms. The number of rotatable bonds is 6. The van der Waals surface area contributed by atoms with Gasteiger partial charge in [0, 0.05) is 18.7 Å². The van der Waals surface area contributed by atoms with Crippen molar-refractivity contribution in [1.82, 2.24) is 5.32 Å². The largest absolute Gasteiger partial charge is 0.464 e. The number of carbonyl (C=O) groups excluding carboxylic acids is 2. The Balaban J connectivity index is 2.13. The Morgan fingerprint density at radius 2 is 2.10 bits per heavy atom. The lowest BCUT2D eigenvalue weighted by Crippen LogP contribution is -2.42. The Kier molecular flexibility index (Phi) is 4.98. The monoisotopic (exact) mass is 289 g/mol. The number of benzene rings is 1. The molecule has 1 aromatic carbocycles. The maximum Gasteiger partial charge on any atom is 0.329 e. The summed E-state index contributed by atoms with van der Waals surface area (Å²) in [6.07, 6.45) is 1.01. The van der Waals surface area contributed by atoms with Gasteiger partial charge in [-0.3, -0.25) is 4.79 Å². The van der Waals surface area contributed by atoms with Gasteiger partial charge < -0.3 is 14.5 Å². The number of hydrogen-bond donors (Lipinski definition) is 1. The van der Waals surface area contributed by atoms with Gasteiger partial charge in [0.25, 0.3) is 0 Å². The molecular weight excluding hydrogens is 270 g/mol. The molecule has 0 spiro atoms. The Bertz CT molecular complexity index is 599. The number of nitrogens with one attached hydrogen (secondary N) is 1. The summed E-state index contributed by atoms with van der Waals surface area (Å²) < 4.78 is 10.8. The van der Waals surface area contributed by atoms with Crippen LogP contribution in [0, 0.1) is 0 Å². The molecule has 0 aliphatic heterocycles. The topological polar surface area (TPSA) is 68.5 Å². The van der Waals surface area contributed by atoms with Gasteiger partial charge in [-0.05, 0) is 18.6 Å². The van der Waals surface area contributed by atoms with Gasteiger partial charge in [-0.2, -0.15) is 0 Å². The second-order valence-corrected chi connectivity index (χ2v) is 4.88. The van der Waals surface area contributed by atoms with Crippen LogP contribution in [0.4, 0.5) is 0 Å². The number of hydrogen-bond acceptors (Lipinski definition) is 4. The highest BCUT2D eigenvalue weighted by molar-refractivity contribution is 5.84. The molecule has 2 aromatic rings. The summed E-state index contributed by atoms with van der Waals surface area (Å²) in [5, 5.41) is 3.58. The zero-order valence-electron chi connectivity index (χ0n) is 12.2. The van der Waals surface area contributed by atoms with E-state index in [1.54, 1.807) is 0 Å². The van der Waals surface area contributed by atoms with Crippen molar-refractivity contribution in [1.29, 1.82) is 0 Å². The Hall–Kier alpha value is -2.30. The first kappa shape index (κ1) is 15.1. The van der Waals surface area contributed by atoms with Crippen molar-refractivity contribution in [3.8, 4) is 0 Å². The number of fused-ring (bicyclic) bond motifs is 1. The molecule has 1 N–H and O–H groups in total. The molecule has 0 aliphatic carbocycles. The minimum absolute atomic E-state index is 0.274. The average molecular weight is 289 g/mol. The fraction of sp³-hybridized carbons (Fsp3) is 0.375. The summed E-state index contributed by atoms with van der Waals surface area (Å²) in [6, 6.07) is 8.75. The number of esters is 1. The van der Waals surface area contributed by atoms with Crippen LogP contribution in [-0.4, -0.2) is 24.5 Å². The maximum absolute atomic E-state index is 12.0. The van der Waals surface area contributed by atoms with Gasteiger partial charge >= 0.3 is 5.97 Å². The van der Waals surface area contributed by atoms with Crippen molar-refractivity contribution >= 4 is 22.8 Å². The normalized spacial score (nSPS) is 12.1. The third-order valence-electron chi connectivity index (χ3n) is 2.99. The lowest BCUT2D eigenvalue weighted by molar-refractivity contribution is -0.147. The SMILES string of the molecule is CCCOC(=O)[C@H](Cc1cc2ccccc2o1)NC(C)=O. The molecule has 1 amide bonds. The van der Waals surface area contributed by atoms with Crippen molar-refractivity contribution in [2.24, 2.45) is 0 Å². The van der Waals surface area contributed by atoms with Gasteiger partial charge in [-0.1, -0.05) is 25.1 Å². The summed E-state index contributed by atoms with van der Waals surface area (Å²) in [5.74, 6) is -0.0690. The third kappa shape index (κ3) is 4.08. The molecule has 1 atom stereocenters. The molecule has 21 heavy (non-hydrogen) atoms. The second kappa shape index (κ2) is 6.92. The molecule has 0 unspecified atom stereocenters. The molecular formula is C16H19NO4. The molecule has 5 nitrogen and oxygen atoms in total. The molecule has 0 aliphatic rings. The van der Waals surface area contributed by atoms with Crippen LogP contribution in [0.2, 0.25) is 0 Å². The van der Waals surface area contributed by atoms with Crippen LogP contribution < -0.4 is 5.32 Å². The van der Waals surface area contributed by atoms with Crippen LogP contribution >= 0.6 is 0 Å². The summed E-state index contributed by atoms with van der Waals surface area (Å²) in [4.78, 5) is 23.2. The first-order valence-electron chi connectivity index (χ1n) is 7.01. The lowest BCUT2D eigenvalue weighted by Gasteiger charge is -2.15. The van der Waals surface area contributed by atoms with Crippen molar-refractivity contribution in [2.75, 3.05) is 6.61 Å².